The van der Waals surface area contributed by atoms with E-state index in [0.717, 1.165) is 6.26 Å². The van der Waals surface area contributed by atoms with Gasteiger partial charge in [0.1, 0.15) is 5.75 Å². The second-order valence-corrected chi connectivity index (χ2v) is 4.95. The summed E-state index contributed by atoms with van der Waals surface area (Å²) in [7, 11) is -3.23. The number of halogens is 1. The van der Waals surface area contributed by atoms with Crippen LogP contribution in [0, 0.1) is 0 Å². The average molecular weight is 226 g/mol. The molecule has 0 unspecified atom stereocenters. The lowest BCUT2D eigenvalue weighted by atomic mass is 10.5. The van der Waals surface area contributed by atoms with Crippen molar-refractivity contribution in [1.29, 1.82) is 0 Å². The van der Waals surface area contributed by atoms with Crippen molar-refractivity contribution in [2.75, 3.05) is 24.4 Å². The maximum Gasteiger partial charge on any atom is 0.235 e. The number of alkyl halides is 1. The second kappa shape index (κ2) is 5.99. The van der Waals surface area contributed by atoms with Gasteiger partial charge >= 0.3 is 0 Å². The highest BCUT2D eigenvalue weighted by Gasteiger charge is 2.08. The van der Waals surface area contributed by atoms with Gasteiger partial charge in [-0.15, -0.1) is 11.6 Å². The summed E-state index contributed by atoms with van der Waals surface area (Å²) < 4.78 is 21.3. The molecule has 6 heteroatoms. The average Bonchev–Trinajstić information content (AvgIpc) is 1.94. The number of hydrogen-bond acceptors (Lipinski definition) is 3. The summed E-state index contributed by atoms with van der Waals surface area (Å²) in [6.45, 7) is 0.307. The lowest BCUT2D eigenvalue weighted by Gasteiger charge is -1.99. The number of carbonyl (C=O) groups excluding carboxylic acids is 1. The molecule has 0 radical (unpaired) electrons. The second-order valence-electron chi connectivity index (χ2n) is 2.50. The number of hydrogen-bond donors (Lipinski definition) is 1. The van der Waals surface area contributed by atoms with Crippen LogP contribution in [0.4, 0.5) is 0 Å². The molecule has 0 heterocycles. The third-order valence-electron chi connectivity index (χ3n) is 1.07. The Kier molecular flexibility index (Phi) is 5.73. The monoisotopic (exact) mass is 225 g/mol. The molecule has 0 aromatic carbocycles. The molecule has 0 aliphatic carbocycles. The van der Waals surface area contributed by atoms with Gasteiger partial charge in [0.2, 0.25) is 5.91 Å². The van der Waals surface area contributed by atoms with Crippen molar-refractivity contribution < 1.29 is 13.2 Å². The molecule has 13 heavy (non-hydrogen) atoms. The van der Waals surface area contributed by atoms with Crippen LogP contribution in [-0.2, 0) is 14.6 Å². The fourth-order valence-corrected chi connectivity index (χ4v) is 1.31. The molecule has 76 valence electrons. The Morgan fingerprint density at radius 3 is 2.54 bits per heavy atom. The van der Waals surface area contributed by atoms with Gasteiger partial charge in [-0.3, -0.25) is 4.79 Å². The van der Waals surface area contributed by atoms with E-state index < -0.39 is 21.5 Å². The number of carbonyl (C=O) groups is 1. The van der Waals surface area contributed by atoms with E-state index in [-0.39, 0.29) is 0 Å². The maximum absolute atomic E-state index is 10.9. The van der Waals surface area contributed by atoms with E-state index in [1.54, 1.807) is 12.2 Å². The molecule has 0 rings (SSSR count). The SMILES string of the molecule is CS(=O)(=O)CC(=O)NC/C=C/CCl. The standard InChI is InChI=1S/C7H12ClNO3S/c1-13(11,12)6-7(10)9-5-3-2-4-8/h2-3H,4-6H2,1H3,(H,9,10)/b3-2+. The molecule has 0 saturated carbocycles. The van der Waals surface area contributed by atoms with E-state index in [9.17, 15) is 13.2 Å². The fraction of sp³-hybridized carbons (Fsp3) is 0.571. The molecule has 0 saturated heterocycles. The Morgan fingerprint density at radius 2 is 2.08 bits per heavy atom. The molecule has 4 nitrogen and oxygen atoms in total. The van der Waals surface area contributed by atoms with Crippen LogP contribution in [0.15, 0.2) is 12.2 Å². The van der Waals surface area contributed by atoms with Gasteiger partial charge in [-0.25, -0.2) is 8.42 Å². The third-order valence-corrected chi connectivity index (χ3v) is 2.03. The van der Waals surface area contributed by atoms with Crippen LogP contribution in [0.2, 0.25) is 0 Å². The molecule has 0 bridgehead atoms. The minimum Gasteiger partial charge on any atom is -0.352 e. The van der Waals surface area contributed by atoms with E-state index in [1.165, 1.54) is 0 Å². The van der Waals surface area contributed by atoms with Crippen molar-refractivity contribution in [2.45, 2.75) is 0 Å². The van der Waals surface area contributed by atoms with Crippen molar-refractivity contribution in [2.24, 2.45) is 0 Å². The first-order chi connectivity index (χ1) is 5.95. The Bertz CT molecular complexity index is 284. The first-order valence-corrected chi connectivity index (χ1v) is 6.20. The van der Waals surface area contributed by atoms with Gasteiger partial charge in [-0.05, 0) is 0 Å². The molecule has 0 fully saturated rings. The normalized spacial score (nSPS) is 11.8. The summed E-state index contributed by atoms with van der Waals surface area (Å²) in [5, 5.41) is 2.41. The van der Waals surface area contributed by atoms with Crippen LogP contribution in [0.5, 0.6) is 0 Å². The van der Waals surface area contributed by atoms with Crippen LogP contribution in [0.1, 0.15) is 0 Å². The van der Waals surface area contributed by atoms with Crippen molar-refractivity contribution >= 4 is 27.3 Å². The molecular formula is C7H12ClNO3S. The van der Waals surface area contributed by atoms with Crippen LogP contribution in [0.3, 0.4) is 0 Å². The zero-order valence-corrected chi connectivity index (χ0v) is 8.86. The van der Waals surface area contributed by atoms with Gasteiger partial charge in [0.15, 0.2) is 9.84 Å². The lowest BCUT2D eigenvalue weighted by Crippen LogP contribution is -2.29. The van der Waals surface area contributed by atoms with Gasteiger partial charge in [0.25, 0.3) is 0 Å². The zero-order chi connectivity index (χ0) is 10.3. The van der Waals surface area contributed by atoms with E-state index in [1.807, 2.05) is 0 Å². The minimum absolute atomic E-state index is 0.307. The van der Waals surface area contributed by atoms with E-state index in [0.29, 0.717) is 12.4 Å². The van der Waals surface area contributed by atoms with Gasteiger partial charge in [-0.1, -0.05) is 12.2 Å². The lowest BCUT2D eigenvalue weighted by molar-refractivity contribution is -0.118. The van der Waals surface area contributed by atoms with Gasteiger partial charge in [0, 0.05) is 18.7 Å². The Balaban J connectivity index is 3.71. The molecule has 0 aromatic rings. The van der Waals surface area contributed by atoms with E-state index >= 15 is 0 Å². The Morgan fingerprint density at radius 1 is 1.46 bits per heavy atom. The van der Waals surface area contributed by atoms with Crippen LogP contribution < -0.4 is 5.32 Å². The highest BCUT2D eigenvalue weighted by atomic mass is 35.5. The summed E-state index contributed by atoms with van der Waals surface area (Å²) in [5.41, 5.74) is 0. The molecule has 1 amide bonds. The van der Waals surface area contributed by atoms with Crippen LogP contribution in [0.25, 0.3) is 0 Å². The van der Waals surface area contributed by atoms with Crippen molar-refractivity contribution in [3.63, 3.8) is 0 Å². The largest absolute Gasteiger partial charge is 0.352 e. The van der Waals surface area contributed by atoms with E-state index in [2.05, 4.69) is 5.32 Å². The Hall–Kier alpha value is -0.550. The van der Waals surface area contributed by atoms with E-state index in [4.69, 9.17) is 11.6 Å². The van der Waals surface area contributed by atoms with Gasteiger partial charge in [-0.2, -0.15) is 0 Å². The molecule has 0 atom stereocenters. The summed E-state index contributed by atoms with van der Waals surface area (Å²) in [6.07, 6.45) is 4.34. The summed E-state index contributed by atoms with van der Waals surface area (Å²) >= 11 is 5.33. The number of rotatable bonds is 5. The zero-order valence-electron chi connectivity index (χ0n) is 7.29. The van der Waals surface area contributed by atoms with Crippen molar-refractivity contribution in [3.05, 3.63) is 12.2 Å². The van der Waals surface area contributed by atoms with Gasteiger partial charge < -0.3 is 5.32 Å². The summed E-state index contributed by atoms with van der Waals surface area (Å²) in [6, 6.07) is 0. The number of sulfone groups is 1. The first-order valence-electron chi connectivity index (χ1n) is 3.61. The molecule has 0 spiro atoms. The van der Waals surface area contributed by atoms with Crippen molar-refractivity contribution in [1.82, 2.24) is 5.32 Å². The number of nitrogens with one attached hydrogen (secondary N) is 1. The van der Waals surface area contributed by atoms with Gasteiger partial charge in [0.05, 0.1) is 0 Å². The third kappa shape index (κ3) is 9.36. The number of allylic oxidation sites excluding steroid dienone is 1. The first kappa shape index (κ1) is 12.4. The fourth-order valence-electron chi connectivity index (χ4n) is 0.608. The quantitative estimate of drug-likeness (QED) is 0.527. The topological polar surface area (TPSA) is 63.2 Å². The summed E-state index contributed by atoms with van der Waals surface area (Å²) in [5.74, 6) is -0.592. The molecule has 0 aliphatic heterocycles. The predicted octanol–water partition coefficient (Wildman–Crippen LogP) is -0.0578. The molecule has 0 aliphatic rings. The molecular weight excluding hydrogens is 214 g/mol. The summed E-state index contributed by atoms with van der Waals surface area (Å²) in [4.78, 5) is 10.9. The van der Waals surface area contributed by atoms with Crippen LogP contribution >= 0.6 is 11.6 Å². The predicted molar refractivity (Wildman–Crippen MR) is 52.6 cm³/mol. The van der Waals surface area contributed by atoms with Crippen LogP contribution in [-0.4, -0.2) is 38.8 Å². The number of amides is 1. The highest BCUT2D eigenvalue weighted by Crippen LogP contribution is 1.82. The molecule has 0 aromatic heterocycles. The highest BCUT2D eigenvalue weighted by molar-refractivity contribution is 7.91. The minimum atomic E-state index is -3.23. The smallest absolute Gasteiger partial charge is 0.235 e. The Labute approximate surface area is 82.9 Å². The maximum atomic E-state index is 10.9. The molecule has 1 N–H and O–H groups in total. The van der Waals surface area contributed by atoms with Crippen molar-refractivity contribution in [3.8, 4) is 0 Å².